The van der Waals surface area contributed by atoms with Gasteiger partial charge >= 0.3 is 0 Å². The molecule has 2 aromatic rings. The van der Waals surface area contributed by atoms with Crippen LogP contribution in [0.1, 0.15) is 35.3 Å². The molecule has 1 heterocycles. The molecule has 20 heavy (non-hydrogen) atoms. The summed E-state index contributed by atoms with van der Waals surface area (Å²) in [4.78, 5) is 0. The zero-order chi connectivity index (χ0) is 14.3. The molecule has 0 aromatic heterocycles. The molecule has 0 spiro atoms. The minimum absolute atomic E-state index is 0.215. The molecule has 0 amide bonds. The number of hydrogen-bond donors (Lipinski definition) is 1. The van der Waals surface area contributed by atoms with Gasteiger partial charge in [-0.1, -0.05) is 17.7 Å². The van der Waals surface area contributed by atoms with Crippen molar-refractivity contribution in [2.45, 2.75) is 25.5 Å². The average molecular weight is 275 g/mol. The van der Waals surface area contributed by atoms with E-state index >= 15 is 0 Å². The first kappa shape index (κ1) is 13.1. The minimum Gasteiger partial charge on any atom is -0.485 e. The average Bonchev–Trinajstić information content (AvgIpc) is 2.42. The van der Waals surface area contributed by atoms with E-state index in [9.17, 15) is 8.78 Å². The van der Waals surface area contributed by atoms with Gasteiger partial charge in [-0.2, -0.15) is 0 Å². The van der Waals surface area contributed by atoms with Gasteiger partial charge in [0.25, 0.3) is 0 Å². The normalized spacial score (nSPS) is 21.2. The maximum Gasteiger partial charge on any atom is 0.130 e. The molecule has 0 radical (unpaired) electrons. The lowest BCUT2D eigenvalue weighted by Gasteiger charge is -2.31. The number of rotatable bonds is 1. The van der Waals surface area contributed by atoms with Crippen molar-refractivity contribution in [3.63, 3.8) is 0 Å². The molecule has 2 aromatic carbocycles. The van der Waals surface area contributed by atoms with Crippen LogP contribution in [0.15, 0.2) is 36.4 Å². The third kappa shape index (κ3) is 2.27. The Balaban J connectivity index is 1.99. The van der Waals surface area contributed by atoms with Gasteiger partial charge in [0.15, 0.2) is 0 Å². The van der Waals surface area contributed by atoms with E-state index in [0.29, 0.717) is 12.2 Å². The fraction of sp³-hybridized carbons (Fsp3) is 0.250. The van der Waals surface area contributed by atoms with Crippen molar-refractivity contribution in [1.82, 2.24) is 0 Å². The van der Waals surface area contributed by atoms with E-state index < -0.39 is 17.7 Å². The van der Waals surface area contributed by atoms with E-state index in [1.54, 1.807) is 0 Å². The standard InChI is InChI=1S/C16H15F2NO/c1-9-2-5-15-12(6-9)14(19)8-16(20-15)11-7-10(17)3-4-13(11)18/h2-7,14,16H,8,19H2,1H3. The Labute approximate surface area is 116 Å². The van der Waals surface area contributed by atoms with Gasteiger partial charge in [0.05, 0.1) is 0 Å². The second-order valence-corrected chi connectivity index (χ2v) is 5.16. The van der Waals surface area contributed by atoms with Gasteiger partial charge in [0.2, 0.25) is 0 Å². The molecule has 2 N–H and O–H groups in total. The third-order valence-electron chi connectivity index (χ3n) is 3.61. The van der Waals surface area contributed by atoms with Crippen LogP contribution in [0.4, 0.5) is 8.78 Å². The quantitative estimate of drug-likeness (QED) is 0.859. The summed E-state index contributed by atoms with van der Waals surface area (Å²) >= 11 is 0. The molecule has 2 atom stereocenters. The van der Waals surface area contributed by atoms with Crippen LogP contribution < -0.4 is 10.5 Å². The second-order valence-electron chi connectivity index (χ2n) is 5.16. The molecule has 2 unspecified atom stereocenters. The van der Waals surface area contributed by atoms with Gasteiger partial charge in [-0.15, -0.1) is 0 Å². The summed E-state index contributed by atoms with van der Waals surface area (Å²) in [5.74, 6) is -0.310. The topological polar surface area (TPSA) is 35.2 Å². The molecule has 104 valence electrons. The van der Waals surface area contributed by atoms with Gasteiger partial charge in [-0.25, -0.2) is 8.78 Å². The Morgan fingerprint density at radius 1 is 1.10 bits per heavy atom. The van der Waals surface area contributed by atoms with Gasteiger partial charge in [-0.3, -0.25) is 0 Å². The maximum absolute atomic E-state index is 13.8. The highest BCUT2D eigenvalue weighted by molar-refractivity contribution is 5.41. The fourth-order valence-corrected chi connectivity index (χ4v) is 2.58. The first-order chi connectivity index (χ1) is 9.54. The van der Waals surface area contributed by atoms with E-state index in [1.807, 2.05) is 25.1 Å². The Bertz CT molecular complexity index is 657. The summed E-state index contributed by atoms with van der Waals surface area (Å²) in [5.41, 5.74) is 8.36. The summed E-state index contributed by atoms with van der Waals surface area (Å²) in [6, 6.07) is 8.85. The van der Waals surface area contributed by atoms with Crippen molar-refractivity contribution >= 4 is 0 Å². The fourth-order valence-electron chi connectivity index (χ4n) is 2.58. The molecule has 2 nitrogen and oxygen atoms in total. The van der Waals surface area contributed by atoms with Crippen LogP contribution in [0.25, 0.3) is 0 Å². The van der Waals surface area contributed by atoms with Crippen LogP contribution in [-0.4, -0.2) is 0 Å². The van der Waals surface area contributed by atoms with Gasteiger partial charge in [0, 0.05) is 23.6 Å². The molecule has 0 fully saturated rings. The summed E-state index contributed by atoms with van der Waals surface area (Å²) in [7, 11) is 0. The number of hydrogen-bond acceptors (Lipinski definition) is 2. The van der Waals surface area contributed by atoms with Crippen molar-refractivity contribution in [2.24, 2.45) is 5.73 Å². The number of ether oxygens (including phenoxy) is 1. The van der Waals surface area contributed by atoms with Gasteiger partial charge in [0.1, 0.15) is 23.5 Å². The Morgan fingerprint density at radius 2 is 1.90 bits per heavy atom. The Hall–Kier alpha value is -1.94. The van der Waals surface area contributed by atoms with Crippen LogP contribution in [0.2, 0.25) is 0 Å². The van der Waals surface area contributed by atoms with Crippen LogP contribution in [-0.2, 0) is 0 Å². The minimum atomic E-state index is -0.559. The van der Waals surface area contributed by atoms with Crippen molar-refractivity contribution in [3.05, 3.63) is 64.7 Å². The Morgan fingerprint density at radius 3 is 2.70 bits per heavy atom. The third-order valence-corrected chi connectivity index (χ3v) is 3.61. The summed E-state index contributed by atoms with van der Waals surface area (Å²) < 4.78 is 32.9. The monoisotopic (exact) mass is 275 g/mol. The van der Waals surface area contributed by atoms with E-state index in [-0.39, 0.29) is 11.6 Å². The van der Waals surface area contributed by atoms with E-state index in [0.717, 1.165) is 23.3 Å². The highest BCUT2D eigenvalue weighted by Crippen LogP contribution is 2.40. The first-order valence-corrected chi connectivity index (χ1v) is 6.52. The number of aryl methyl sites for hydroxylation is 1. The van der Waals surface area contributed by atoms with Crippen molar-refractivity contribution in [1.29, 1.82) is 0 Å². The lowest BCUT2D eigenvalue weighted by molar-refractivity contribution is 0.157. The van der Waals surface area contributed by atoms with Crippen molar-refractivity contribution in [2.75, 3.05) is 0 Å². The predicted octanol–water partition coefficient (Wildman–Crippen LogP) is 3.80. The van der Waals surface area contributed by atoms with E-state index in [4.69, 9.17) is 10.5 Å². The summed E-state index contributed by atoms with van der Waals surface area (Å²) in [6.07, 6.45) is -0.132. The van der Waals surface area contributed by atoms with Crippen LogP contribution in [0, 0.1) is 18.6 Å². The zero-order valence-corrected chi connectivity index (χ0v) is 11.1. The highest BCUT2D eigenvalue weighted by Gasteiger charge is 2.29. The van der Waals surface area contributed by atoms with Gasteiger partial charge in [-0.05, 0) is 31.2 Å². The molecule has 0 saturated carbocycles. The molecule has 0 bridgehead atoms. The predicted molar refractivity (Wildman–Crippen MR) is 72.5 cm³/mol. The van der Waals surface area contributed by atoms with Crippen molar-refractivity contribution < 1.29 is 13.5 Å². The molecule has 1 aliphatic rings. The number of nitrogens with two attached hydrogens (primary N) is 1. The highest BCUT2D eigenvalue weighted by atomic mass is 19.1. The molecule has 4 heteroatoms. The van der Waals surface area contributed by atoms with Crippen LogP contribution >= 0.6 is 0 Å². The van der Waals surface area contributed by atoms with Gasteiger partial charge < -0.3 is 10.5 Å². The smallest absolute Gasteiger partial charge is 0.130 e. The summed E-state index contributed by atoms with van der Waals surface area (Å²) in [5, 5.41) is 0. The second kappa shape index (κ2) is 4.87. The number of halogens is 2. The molecule has 3 rings (SSSR count). The number of benzene rings is 2. The van der Waals surface area contributed by atoms with E-state index in [2.05, 4.69) is 0 Å². The lowest BCUT2D eigenvalue weighted by atomic mass is 9.92. The molecule has 1 aliphatic heterocycles. The first-order valence-electron chi connectivity index (χ1n) is 6.52. The molecular weight excluding hydrogens is 260 g/mol. The molecule has 0 aliphatic carbocycles. The zero-order valence-electron chi connectivity index (χ0n) is 11.1. The molecular formula is C16H15F2NO. The molecule has 0 saturated heterocycles. The van der Waals surface area contributed by atoms with E-state index in [1.165, 1.54) is 6.07 Å². The summed E-state index contributed by atoms with van der Waals surface area (Å²) in [6.45, 7) is 1.98. The lowest BCUT2D eigenvalue weighted by Crippen LogP contribution is -2.25. The maximum atomic E-state index is 13.8. The Kier molecular flexibility index (Phi) is 3.18. The van der Waals surface area contributed by atoms with Crippen LogP contribution in [0.5, 0.6) is 5.75 Å². The largest absolute Gasteiger partial charge is 0.485 e. The van der Waals surface area contributed by atoms with Crippen LogP contribution in [0.3, 0.4) is 0 Å². The van der Waals surface area contributed by atoms with Crippen molar-refractivity contribution in [3.8, 4) is 5.75 Å². The SMILES string of the molecule is Cc1ccc2c(c1)C(N)CC(c1cc(F)ccc1F)O2. The number of fused-ring (bicyclic) bond motifs is 1.